The van der Waals surface area contributed by atoms with Crippen LogP contribution in [0.25, 0.3) is 0 Å². The van der Waals surface area contributed by atoms with Crippen LogP contribution < -0.4 is 0 Å². The Kier molecular flexibility index (Phi) is 5.92. The summed E-state index contributed by atoms with van der Waals surface area (Å²) in [4.78, 5) is 13.8. The molecule has 14 heavy (non-hydrogen) atoms. The summed E-state index contributed by atoms with van der Waals surface area (Å²) in [5.74, 6) is 0.153. The van der Waals surface area contributed by atoms with Gasteiger partial charge in [-0.2, -0.15) is 4.99 Å². The second-order valence-corrected chi connectivity index (χ2v) is 8.53. The Bertz CT molecular complexity index is 210. The van der Waals surface area contributed by atoms with Gasteiger partial charge in [0.25, 0.3) is 0 Å². The molecule has 0 aromatic rings. The summed E-state index contributed by atoms with van der Waals surface area (Å²) < 4.78 is 5.81. The highest BCUT2D eigenvalue weighted by Gasteiger charge is 2.28. The number of nitrogens with zero attached hydrogens (tertiary/aromatic N) is 1. The van der Waals surface area contributed by atoms with Crippen LogP contribution in [0.5, 0.6) is 0 Å². The SMILES string of the molecule is CCC[Si](C)(C)O[C](N=C=O)C(C)C. The van der Waals surface area contributed by atoms with Crippen molar-refractivity contribution in [2.75, 3.05) is 0 Å². The maximum absolute atomic E-state index is 10.2. The second-order valence-electron chi connectivity index (χ2n) is 4.31. The molecule has 0 unspecified atom stereocenters. The maximum Gasteiger partial charge on any atom is 0.238 e. The minimum absolute atomic E-state index is 0.153. The van der Waals surface area contributed by atoms with E-state index in [0.29, 0.717) is 6.23 Å². The van der Waals surface area contributed by atoms with Crippen molar-refractivity contribution in [1.29, 1.82) is 0 Å². The van der Waals surface area contributed by atoms with E-state index in [9.17, 15) is 4.79 Å². The maximum atomic E-state index is 10.2. The minimum Gasteiger partial charge on any atom is -0.390 e. The van der Waals surface area contributed by atoms with Gasteiger partial charge in [-0.1, -0.05) is 27.2 Å². The molecular weight excluding hydrogens is 194 g/mol. The van der Waals surface area contributed by atoms with Gasteiger partial charge < -0.3 is 4.43 Å². The standard InChI is InChI=1S/C10H20NO2Si/c1-6-7-14(4,5)13-10(9(2)3)11-8-12/h9H,6-7H2,1-5H3. The van der Waals surface area contributed by atoms with Crippen LogP contribution in [0.4, 0.5) is 0 Å². The van der Waals surface area contributed by atoms with Crippen LogP contribution in [0, 0.1) is 12.1 Å². The van der Waals surface area contributed by atoms with Crippen LogP contribution in [0.2, 0.25) is 19.1 Å². The molecule has 3 nitrogen and oxygen atoms in total. The van der Waals surface area contributed by atoms with Crippen molar-refractivity contribution in [3.8, 4) is 0 Å². The van der Waals surface area contributed by atoms with E-state index in [-0.39, 0.29) is 5.92 Å². The lowest BCUT2D eigenvalue weighted by Gasteiger charge is -2.26. The van der Waals surface area contributed by atoms with E-state index in [2.05, 4.69) is 25.0 Å². The molecule has 0 aromatic heterocycles. The lowest BCUT2D eigenvalue weighted by Crippen LogP contribution is -2.32. The first-order valence-corrected chi connectivity index (χ1v) is 8.18. The summed E-state index contributed by atoms with van der Waals surface area (Å²) in [6.45, 7) is 10.3. The fourth-order valence-electron chi connectivity index (χ4n) is 1.25. The van der Waals surface area contributed by atoms with Gasteiger partial charge in [0.05, 0.1) is 0 Å². The summed E-state index contributed by atoms with van der Waals surface area (Å²) >= 11 is 0. The van der Waals surface area contributed by atoms with Gasteiger partial charge in [0.15, 0.2) is 8.32 Å². The van der Waals surface area contributed by atoms with Gasteiger partial charge in [-0.3, -0.25) is 0 Å². The van der Waals surface area contributed by atoms with Crippen LogP contribution in [0.3, 0.4) is 0 Å². The molecule has 0 saturated heterocycles. The zero-order chi connectivity index (χ0) is 11.2. The van der Waals surface area contributed by atoms with Crippen LogP contribution in [-0.4, -0.2) is 14.4 Å². The monoisotopic (exact) mass is 214 g/mol. The van der Waals surface area contributed by atoms with E-state index in [4.69, 9.17) is 4.43 Å². The summed E-state index contributed by atoms with van der Waals surface area (Å²) in [6.07, 6.45) is 3.19. The molecule has 0 aromatic carbocycles. The molecule has 81 valence electrons. The lowest BCUT2D eigenvalue weighted by atomic mass is 10.2. The molecular formula is C10H20NO2Si. The zero-order valence-electron chi connectivity index (χ0n) is 9.76. The number of carbonyl (C=O) groups excluding carboxylic acids is 1. The minimum atomic E-state index is -1.68. The third-order valence-corrected chi connectivity index (χ3v) is 4.35. The third-order valence-electron chi connectivity index (χ3n) is 1.88. The van der Waals surface area contributed by atoms with Gasteiger partial charge in [-0.25, -0.2) is 4.79 Å². The first-order valence-electron chi connectivity index (χ1n) is 5.06. The van der Waals surface area contributed by atoms with Gasteiger partial charge in [-0.05, 0) is 19.1 Å². The van der Waals surface area contributed by atoms with E-state index < -0.39 is 8.32 Å². The molecule has 0 fully saturated rings. The fraction of sp³-hybridized carbons (Fsp3) is 0.800. The van der Waals surface area contributed by atoms with Gasteiger partial charge >= 0.3 is 0 Å². The predicted molar refractivity (Wildman–Crippen MR) is 59.9 cm³/mol. The largest absolute Gasteiger partial charge is 0.390 e. The first-order chi connectivity index (χ1) is 6.43. The highest BCUT2D eigenvalue weighted by molar-refractivity contribution is 6.71. The van der Waals surface area contributed by atoms with E-state index in [1.54, 1.807) is 6.08 Å². The van der Waals surface area contributed by atoms with Gasteiger partial charge in [-0.15, -0.1) is 0 Å². The predicted octanol–water partition coefficient (Wildman–Crippen LogP) is 3.10. The fourth-order valence-corrected chi connectivity index (χ4v) is 3.40. The number of hydrogen-bond donors (Lipinski definition) is 0. The Balaban J connectivity index is 4.35. The first kappa shape index (κ1) is 13.6. The summed E-state index contributed by atoms with van der Waals surface area (Å²) in [7, 11) is -1.68. The quantitative estimate of drug-likeness (QED) is 0.387. The van der Waals surface area contributed by atoms with Crippen molar-refractivity contribution in [3.05, 3.63) is 6.23 Å². The molecule has 0 amide bonds. The molecule has 0 N–H and O–H groups in total. The molecule has 0 aliphatic rings. The highest BCUT2D eigenvalue weighted by atomic mass is 28.4. The van der Waals surface area contributed by atoms with Crippen molar-refractivity contribution < 1.29 is 9.22 Å². The van der Waals surface area contributed by atoms with Crippen molar-refractivity contribution in [1.82, 2.24) is 0 Å². The van der Waals surface area contributed by atoms with Crippen LogP contribution >= 0.6 is 0 Å². The van der Waals surface area contributed by atoms with Crippen LogP contribution in [0.1, 0.15) is 27.2 Å². The van der Waals surface area contributed by atoms with Gasteiger partial charge in [0, 0.05) is 5.92 Å². The zero-order valence-corrected chi connectivity index (χ0v) is 10.8. The molecule has 0 rings (SSSR count). The second kappa shape index (κ2) is 6.12. The highest BCUT2D eigenvalue weighted by Crippen LogP contribution is 2.24. The average molecular weight is 214 g/mol. The Morgan fingerprint density at radius 2 is 2.07 bits per heavy atom. The molecule has 0 bridgehead atoms. The summed E-state index contributed by atoms with van der Waals surface area (Å²) in [6, 6.07) is 1.08. The van der Waals surface area contributed by atoms with E-state index >= 15 is 0 Å². The van der Waals surface area contributed by atoms with Crippen molar-refractivity contribution >= 4 is 14.4 Å². The smallest absolute Gasteiger partial charge is 0.238 e. The molecule has 1 radical (unpaired) electrons. The molecule has 0 aliphatic heterocycles. The Hall–Kier alpha value is -0.443. The average Bonchev–Trinajstić information content (AvgIpc) is 2.02. The number of hydrogen-bond acceptors (Lipinski definition) is 3. The summed E-state index contributed by atoms with van der Waals surface area (Å²) in [5, 5.41) is 0. The van der Waals surface area contributed by atoms with Crippen LogP contribution in [-0.2, 0) is 9.22 Å². The Morgan fingerprint density at radius 1 is 1.50 bits per heavy atom. The number of aliphatic imine (C=N–C) groups is 1. The topological polar surface area (TPSA) is 38.7 Å². The van der Waals surface area contributed by atoms with Gasteiger partial charge in [0.2, 0.25) is 12.3 Å². The molecule has 4 heteroatoms. The lowest BCUT2D eigenvalue weighted by molar-refractivity contribution is 0.260. The van der Waals surface area contributed by atoms with Gasteiger partial charge in [0.1, 0.15) is 0 Å². The third kappa shape index (κ3) is 5.32. The summed E-state index contributed by atoms with van der Waals surface area (Å²) in [5.41, 5.74) is 0. The number of rotatable bonds is 6. The normalized spacial score (nSPS) is 11.9. The van der Waals surface area contributed by atoms with Crippen molar-refractivity contribution in [2.45, 2.75) is 46.3 Å². The van der Waals surface area contributed by atoms with Crippen molar-refractivity contribution in [3.63, 3.8) is 0 Å². The van der Waals surface area contributed by atoms with E-state index in [1.165, 1.54) is 0 Å². The van der Waals surface area contributed by atoms with E-state index in [1.807, 2.05) is 13.8 Å². The van der Waals surface area contributed by atoms with Crippen molar-refractivity contribution in [2.24, 2.45) is 10.9 Å². The molecule has 0 aliphatic carbocycles. The van der Waals surface area contributed by atoms with E-state index in [0.717, 1.165) is 12.5 Å². The molecule has 0 saturated carbocycles. The number of isocyanates is 1. The molecule has 0 atom stereocenters. The Morgan fingerprint density at radius 3 is 2.43 bits per heavy atom. The Labute approximate surface area is 87.7 Å². The van der Waals surface area contributed by atoms with Crippen LogP contribution in [0.15, 0.2) is 4.99 Å². The molecule has 0 heterocycles. The molecule has 0 spiro atoms.